The SMILES string of the molecule is O=C(O)C(I)(c1ccccc1F)N1CCCC1. The van der Waals surface area contributed by atoms with Gasteiger partial charge in [-0.3, -0.25) is 4.90 Å². The lowest BCUT2D eigenvalue weighted by Crippen LogP contribution is -2.46. The molecule has 0 saturated carbocycles. The number of carboxylic acids is 1. The van der Waals surface area contributed by atoms with E-state index < -0.39 is 15.3 Å². The minimum atomic E-state index is -1.29. The Morgan fingerprint density at radius 1 is 1.35 bits per heavy atom. The lowest BCUT2D eigenvalue weighted by Gasteiger charge is -2.33. The first-order chi connectivity index (χ1) is 8.06. The van der Waals surface area contributed by atoms with E-state index in [1.165, 1.54) is 6.07 Å². The number of nitrogens with zero attached hydrogens (tertiary/aromatic N) is 1. The minimum absolute atomic E-state index is 0.231. The molecule has 3 nitrogen and oxygen atoms in total. The molecule has 1 atom stereocenters. The molecule has 2 rings (SSSR count). The molecular weight excluding hydrogens is 336 g/mol. The fourth-order valence-electron chi connectivity index (χ4n) is 2.18. The van der Waals surface area contributed by atoms with Crippen LogP contribution in [-0.2, 0) is 8.34 Å². The van der Waals surface area contributed by atoms with Crippen LogP contribution in [0.2, 0.25) is 0 Å². The van der Waals surface area contributed by atoms with E-state index in [-0.39, 0.29) is 5.56 Å². The van der Waals surface area contributed by atoms with Gasteiger partial charge < -0.3 is 5.11 Å². The molecule has 0 radical (unpaired) electrons. The Balaban J connectivity index is 2.47. The molecule has 1 aromatic rings. The Bertz CT molecular complexity index is 434. The Kier molecular flexibility index (Phi) is 3.67. The maximum atomic E-state index is 13.8. The molecule has 17 heavy (non-hydrogen) atoms. The van der Waals surface area contributed by atoms with E-state index in [2.05, 4.69) is 0 Å². The highest BCUT2D eigenvalue weighted by Crippen LogP contribution is 2.39. The van der Waals surface area contributed by atoms with Crippen molar-refractivity contribution in [2.75, 3.05) is 13.1 Å². The summed E-state index contributed by atoms with van der Waals surface area (Å²) in [5.41, 5.74) is 0.231. The van der Waals surface area contributed by atoms with Gasteiger partial charge in [0.15, 0.2) is 3.55 Å². The summed E-state index contributed by atoms with van der Waals surface area (Å²) < 4.78 is 12.5. The van der Waals surface area contributed by atoms with E-state index in [0.717, 1.165) is 12.8 Å². The molecule has 1 N–H and O–H groups in total. The van der Waals surface area contributed by atoms with E-state index in [0.29, 0.717) is 13.1 Å². The molecule has 1 aromatic carbocycles. The van der Waals surface area contributed by atoms with Crippen molar-refractivity contribution in [3.05, 3.63) is 35.6 Å². The first-order valence-electron chi connectivity index (χ1n) is 5.49. The lowest BCUT2D eigenvalue weighted by atomic mass is 10.1. The molecule has 1 fully saturated rings. The Labute approximate surface area is 113 Å². The number of carbonyl (C=O) groups is 1. The highest BCUT2D eigenvalue weighted by molar-refractivity contribution is 14.1. The highest BCUT2D eigenvalue weighted by atomic mass is 127. The summed E-state index contributed by atoms with van der Waals surface area (Å²) in [5.74, 6) is -1.47. The second kappa shape index (κ2) is 4.89. The minimum Gasteiger partial charge on any atom is -0.479 e. The molecule has 0 spiro atoms. The number of halogens is 2. The van der Waals surface area contributed by atoms with Crippen molar-refractivity contribution in [2.24, 2.45) is 0 Å². The van der Waals surface area contributed by atoms with Gasteiger partial charge in [-0.2, -0.15) is 0 Å². The van der Waals surface area contributed by atoms with E-state index in [1.54, 1.807) is 18.2 Å². The quantitative estimate of drug-likeness (QED) is 0.518. The largest absolute Gasteiger partial charge is 0.479 e. The first-order valence-corrected chi connectivity index (χ1v) is 6.57. The lowest BCUT2D eigenvalue weighted by molar-refractivity contribution is -0.144. The number of alkyl halides is 1. The summed E-state index contributed by atoms with van der Waals surface area (Å²) in [6.07, 6.45) is 1.93. The van der Waals surface area contributed by atoms with Crippen LogP contribution in [0.4, 0.5) is 4.39 Å². The van der Waals surface area contributed by atoms with Crippen LogP contribution in [0.5, 0.6) is 0 Å². The van der Waals surface area contributed by atoms with Crippen molar-refractivity contribution >= 4 is 28.6 Å². The number of aliphatic carboxylic acids is 1. The molecular formula is C12H13FINO2. The fourth-order valence-corrected chi connectivity index (χ4v) is 3.10. The summed E-state index contributed by atoms with van der Waals surface area (Å²) in [7, 11) is 0. The molecule has 1 aliphatic heterocycles. The van der Waals surface area contributed by atoms with Crippen molar-refractivity contribution in [3.8, 4) is 0 Å². The van der Waals surface area contributed by atoms with Crippen molar-refractivity contribution in [3.63, 3.8) is 0 Å². The summed E-state index contributed by atoms with van der Waals surface area (Å²) >= 11 is 1.84. The predicted octanol–water partition coefficient (Wildman–Crippen LogP) is 2.59. The van der Waals surface area contributed by atoms with Crippen LogP contribution in [0.25, 0.3) is 0 Å². The van der Waals surface area contributed by atoms with Gasteiger partial charge in [-0.05, 0) is 41.5 Å². The van der Waals surface area contributed by atoms with Crippen LogP contribution in [0, 0.1) is 5.82 Å². The smallest absolute Gasteiger partial charge is 0.339 e. The van der Waals surface area contributed by atoms with Crippen LogP contribution < -0.4 is 0 Å². The maximum Gasteiger partial charge on any atom is 0.339 e. The van der Waals surface area contributed by atoms with Crippen molar-refractivity contribution in [2.45, 2.75) is 16.4 Å². The zero-order valence-electron chi connectivity index (χ0n) is 9.20. The number of hydrogen-bond donors (Lipinski definition) is 1. The number of rotatable bonds is 3. The van der Waals surface area contributed by atoms with E-state index >= 15 is 0 Å². The maximum absolute atomic E-state index is 13.8. The van der Waals surface area contributed by atoms with Crippen molar-refractivity contribution in [1.82, 2.24) is 4.90 Å². The van der Waals surface area contributed by atoms with E-state index in [9.17, 15) is 14.3 Å². The summed E-state index contributed by atoms with van der Waals surface area (Å²) in [6, 6.07) is 6.10. The Hall–Kier alpha value is -0.690. The topological polar surface area (TPSA) is 40.5 Å². The number of benzene rings is 1. The Morgan fingerprint density at radius 2 is 1.94 bits per heavy atom. The monoisotopic (exact) mass is 349 g/mol. The van der Waals surface area contributed by atoms with E-state index in [4.69, 9.17) is 0 Å². The molecule has 1 heterocycles. The summed E-state index contributed by atoms with van der Waals surface area (Å²) in [5, 5.41) is 9.45. The van der Waals surface area contributed by atoms with Gasteiger partial charge in [-0.15, -0.1) is 0 Å². The van der Waals surface area contributed by atoms with Crippen LogP contribution in [-0.4, -0.2) is 29.1 Å². The van der Waals surface area contributed by atoms with Gasteiger partial charge in [0.1, 0.15) is 5.82 Å². The number of hydrogen-bond acceptors (Lipinski definition) is 2. The molecule has 0 bridgehead atoms. The highest BCUT2D eigenvalue weighted by Gasteiger charge is 2.46. The number of carboxylic acid groups (broad SMARTS) is 1. The molecule has 1 aliphatic rings. The molecule has 0 amide bonds. The van der Waals surface area contributed by atoms with Crippen LogP contribution >= 0.6 is 22.6 Å². The molecule has 1 unspecified atom stereocenters. The van der Waals surface area contributed by atoms with Gasteiger partial charge in [0, 0.05) is 18.7 Å². The van der Waals surface area contributed by atoms with Crippen LogP contribution in [0.1, 0.15) is 18.4 Å². The van der Waals surface area contributed by atoms with Gasteiger partial charge in [0.2, 0.25) is 0 Å². The molecule has 92 valence electrons. The van der Waals surface area contributed by atoms with Crippen molar-refractivity contribution < 1.29 is 14.3 Å². The van der Waals surface area contributed by atoms with Gasteiger partial charge >= 0.3 is 5.97 Å². The normalized spacial score (nSPS) is 20.1. The van der Waals surface area contributed by atoms with Crippen LogP contribution in [0.3, 0.4) is 0 Å². The molecule has 0 aromatic heterocycles. The van der Waals surface area contributed by atoms with E-state index in [1.807, 2.05) is 27.5 Å². The molecule has 1 saturated heterocycles. The average molecular weight is 349 g/mol. The second-order valence-corrected chi connectivity index (χ2v) is 5.66. The van der Waals surface area contributed by atoms with Gasteiger partial charge in [-0.1, -0.05) is 18.2 Å². The molecule has 0 aliphatic carbocycles. The second-order valence-electron chi connectivity index (χ2n) is 4.10. The zero-order valence-corrected chi connectivity index (χ0v) is 11.4. The first kappa shape index (κ1) is 12.8. The molecule has 5 heteroatoms. The van der Waals surface area contributed by atoms with Gasteiger partial charge in [-0.25, -0.2) is 9.18 Å². The fraction of sp³-hybridized carbons (Fsp3) is 0.417. The van der Waals surface area contributed by atoms with Crippen molar-refractivity contribution in [1.29, 1.82) is 0 Å². The Morgan fingerprint density at radius 3 is 2.47 bits per heavy atom. The third kappa shape index (κ3) is 2.18. The van der Waals surface area contributed by atoms with Gasteiger partial charge in [0.05, 0.1) is 0 Å². The summed E-state index contributed by atoms with van der Waals surface area (Å²) in [4.78, 5) is 13.4. The third-order valence-electron chi connectivity index (χ3n) is 3.06. The third-order valence-corrected chi connectivity index (χ3v) is 4.78. The van der Waals surface area contributed by atoms with Gasteiger partial charge in [0.25, 0.3) is 0 Å². The zero-order chi connectivity index (χ0) is 12.5. The summed E-state index contributed by atoms with van der Waals surface area (Å²) in [6.45, 7) is 1.40. The average Bonchev–Trinajstić information content (AvgIpc) is 2.82. The standard InChI is InChI=1S/C12H13FINO2/c13-10-6-2-1-5-9(10)12(14,11(16)17)15-7-3-4-8-15/h1-2,5-6H,3-4,7-8H2,(H,16,17). The number of likely N-dealkylation sites (tertiary alicyclic amines) is 1. The predicted molar refractivity (Wildman–Crippen MR) is 70.5 cm³/mol. The van der Waals surface area contributed by atoms with Crippen LogP contribution in [0.15, 0.2) is 24.3 Å².